The molecule has 0 saturated carbocycles. The fourth-order valence-corrected chi connectivity index (χ4v) is 3.90. The smallest absolute Gasteiger partial charge is 0.325 e. The molecule has 1 aliphatic heterocycles. The molecular weight excluding hydrogens is 456 g/mol. The molecule has 1 heterocycles. The van der Waals surface area contributed by atoms with Crippen molar-refractivity contribution in [3.8, 4) is 0 Å². The lowest BCUT2D eigenvalue weighted by molar-refractivity contribution is -0.130. The number of Topliss-reactive ketones (excluding diaryl/α,β-unsaturated/α-hetero) is 1. The maximum atomic E-state index is 13.6. The number of nitrogens with zero attached hydrogens (tertiary/aromatic N) is 1. The summed E-state index contributed by atoms with van der Waals surface area (Å²) in [6, 6.07) is 15.2. The SMILES string of the molecule is CCC(=O)Nc1ccc(C(=O)CN2C(=O)NC(c3ccc(F)cc3)(c3ccc(F)cc3)C2=O)cc1. The summed E-state index contributed by atoms with van der Waals surface area (Å²) in [5.74, 6) is -2.51. The number of carbonyl (C=O) groups is 4. The van der Waals surface area contributed by atoms with Crippen LogP contribution in [0.5, 0.6) is 0 Å². The number of anilines is 1. The minimum absolute atomic E-state index is 0.179. The molecule has 0 spiro atoms. The van der Waals surface area contributed by atoms with Crippen LogP contribution in [0.4, 0.5) is 19.3 Å². The maximum absolute atomic E-state index is 13.6. The van der Waals surface area contributed by atoms with Crippen molar-refractivity contribution in [1.29, 1.82) is 0 Å². The first-order valence-electron chi connectivity index (χ1n) is 10.8. The highest BCUT2D eigenvalue weighted by molar-refractivity contribution is 6.13. The van der Waals surface area contributed by atoms with Gasteiger partial charge in [-0.3, -0.25) is 19.3 Å². The zero-order valence-electron chi connectivity index (χ0n) is 18.7. The van der Waals surface area contributed by atoms with E-state index >= 15 is 0 Å². The number of ketones is 1. The number of halogens is 2. The third-order valence-corrected chi connectivity index (χ3v) is 5.77. The van der Waals surface area contributed by atoms with Gasteiger partial charge >= 0.3 is 6.03 Å². The third-order valence-electron chi connectivity index (χ3n) is 5.77. The van der Waals surface area contributed by atoms with Crippen LogP contribution in [-0.2, 0) is 15.1 Å². The molecule has 3 aromatic rings. The highest BCUT2D eigenvalue weighted by atomic mass is 19.1. The summed E-state index contributed by atoms with van der Waals surface area (Å²) >= 11 is 0. The van der Waals surface area contributed by atoms with E-state index in [2.05, 4.69) is 10.6 Å². The van der Waals surface area contributed by atoms with Crippen LogP contribution in [0.2, 0.25) is 0 Å². The topological polar surface area (TPSA) is 95.6 Å². The number of rotatable bonds is 7. The second-order valence-electron chi connectivity index (χ2n) is 7.99. The van der Waals surface area contributed by atoms with Gasteiger partial charge < -0.3 is 10.6 Å². The predicted octanol–water partition coefficient (Wildman–Crippen LogP) is 3.99. The van der Waals surface area contributed by atoms with Crippen molar-refractivity contribution in [3.63, 3.8) is 0 Å². The number of amides is 4. The Morgan fingerprint density at radius 1 is 0.857 bits per heavy atom. The van der Waals surface area contributed by atoms with Gasteiger partial charge in [-0.2, -0.15) is 0 Å². The molecule has 178 valence electrons. The summed E-state index contributed by atoms with van der Waals surface area (Å²) in [6.07, 6.45) is 0.302. The van der Waals surface area contributed by atoms with E-state index in [1.807, 2.05) is 0 Å². The third kappa shape index (κ3) is 4.52. The molecule has 35 heavy (non-hydrogen) atoms. The minimum Gasteiger partial charge on any atom is -0.326 e. The molecule has 7 nitrogen and oxygen atoms in total. The second kappa shape index (κ2) is 9.46. The zero-order valence-corrected chi connectivity index (χ0v) is 18.7. The van der Waals surface area contributed by atoms with Gasteiger partial charge in [-0.15, -0.1) is 0 Å². The molecule has 0 atom stereocenters. The summed E-state index contributed by atoms with van der Waals surface area (Å²) in [5, 5.41) is 5.29. The number of hydrogen-bond donors (Lipinski definition) is 2. The largest absolute Gasteiger partial charge is 0.326 e. The van der Waals surface area contributed by atoms with Crippen LogP contribution in [-0.4, -0.2) is 35.1 Å². The van der Waals surface area contributed by atoms with Crippen LogP contribution in [0.1, 0.15) is 34.8 Å². The predicted molar refractivity (Wildman–Crippen MR) is 124 cm³/mol. The number of carbonyl (C=O) groups excluding carboxylic acids is 4. The molecule has 0 aliphatic carbocycles. The number of nitrogens with one attached hydrogen (secondary N) is 2. The lowest BCUT2D eigenvalue weighted by atomic mass is 9.82. The summed E-state index contributed by atoms with van der Waals surface area (Å²) in [6.45, 7) is 1.17. The summed E-state index contributed by atoms with van der Waals surface area (Å²) in [7, 11) is 0. The first-order chi connectivity index (χ1) is 16.7. The van der Waals surface area contributed by atoms with Gasteiger partial charge in [-0.1, -0.05) is 31.2 Å². The molecule has 2 N–H and O–H groups in total. The fraction of sp³-hybridized carbons (Fsp3) is 0.154. The molecule has 1 aliphatic rings. The van der Waals surface area contributed by atoms with Gasteiger partial charge in [0.15, 0.2) is 11.3 Å². The zero-order chi connectivity index (χ0) is 25.2. The average molecular weight is 477 g/mol. The van der Waals surface area contributed by atoms with Crippen LogP contribution < -0.4 is 10.6 Å². The number of benzene rings is 3. The van der Waals surface area contributed by atoms with Crippen LogP contribution in [0.15, 0.2) is 72.8 Å². The van der Waals surface area contributed by atoms with E-state index < -0.39 is 41.4 Å². The summed E-state index contributed by atoms with van der Waals surface area (Å²) in [4.78, 5) is 51.7. The Bertz CT molecular complexity index is 1240. The van der Waals surface area contributed by atoms with Gasteiger partial charge in [0.05, 0.1) is 6.54 Å². The number of urea groups is 1. The Labute approximate surface area is 199 Å². The van der Waals surface area contributed by atoms with E-state index in [0.717, 1.165) is 29.2 Å². The van der Waals surface area contributed by atoms with E-state index in [9.17, 15) is 28.0 Å². The summed E-state index contributed by atoms with van der Waals surface area (Å²) < 4.78 is 27.2. The van der Waals surface area contributed by atoms with E-state index in [0.29, 0.717) is 12.1 Å². The Morgan fingerprint density at radius 3 is 1.86 bits per heavy atom. The van der Waals surface area contributed by atoms with Crippen molar-refractivity contribution in [2.75, 3.05) is 11.9 Å². The van der Waals surface area contributed by atoms with Crippen LogP contribution >= 0.6 is 0 Å². The lowest BCUT2D eigenvalue weighted by Gasteiger charge is -2.28. The molecule has 3 aromatic carbocycles. The normalized spacial score (nSPS) is 14.5. The molecule has 0 unspecified atom stereocenters. The Morgan fingerprint density at radius 2 is 1.37 bits per heavy atom. The standard InChI is InChI=1S/C26H21F2N3O4/c1-2-23(33)29-21-13-3-16(4-14-21)22(32)15-31-24(34)26(30-25(31)35,17-5-9-19(27)10-6-17)18-7-11-20(28)12-8-18/h3-14H,2,15H2,1H3,(H,29,33)(H,30,35). The number of imide groups is 1. The van der Waals surface area contributed by atoms with E-state index in [1.54, 1.807) is 19.1 Å². The Hall–Kier alpha value is -4.40. The van der Waals surface area contributed by atoms with Gasteiger partial charge in [0, 0.05) is 17.7 Å². The quantitative estimate of drug-likeness (QED) is 0.397. The Balaban J connectivity index is 1.64. The Kier molecular flexibility index (Phi) is 6.42. The van der Waals surface area contributed by atoms with Crippen molar-refractivity contribution in [2.45, 2.75) is 18.9 Å². The van der Waals surface area contributed by atoms with E-state index in [-0.39, 0.29) is 22.6 Å². The lowest BCUT2D eigenvalue weighted by Crippen LogP contribution is -2.45. The molecule has 0 aromatic heterocycles. The highest BCUT2D eigenvalue weighted by Gasteiger charge is 2.54. The van der Waals surface area contributed by atoms with Gasteiger partial charge in [-0.25, -0.2) is 13.6 Å². The molecule has 9 heteroatoms. The molecule has 1 saturated heterocycles. The molecule has 4 amide bonds. The van der Waals surface area contributed by atoms with Gasteiger partial charge in [0.2, 0.25) is 5.91 Å². The first-order valence-corrected chi connectivity index (χ1v) is 10.8. The van der Waals surface area contributed by atoms with E-state index in [4.69, 9.17) is 0 Å². The minimum atomic E-state index is -1.76. The molecule has 0 radical (unpaired) electrons. The van der Waals surface area contributed by atoms with Gasteiger partial charge in [-0.05, 0) is 59.7 Å². The molecular formula is C26H21F2N3O4. The van der Waals surface area contributed by atoms with E-state index in [1.165, 1.54) is 36.4 Å². The molecule has 4 rings (SSSR count). The first kappa shape index (κ1) is 23.7. The van der Waals surface area contributed by atoms with Crippen molar-refractivity contribution in [1.82, 2.24) is 10.2 Å². The molecule has 0 bridgehead atoms. The fourth-order valence-electron chi connectivity index (χ4n) is 3.90. The number of hydrogen-bond acceptors (Lipinski definition) is 4. The van der Waals surface area contributed by atoms with Crippen LogP contribution in [0.25, 0.3) is 0 Å². The monoisotopic (exact) mass is 477 g/mol. The maximum Gasteiger partial charge on any atom is 0.325 e. The van der Waals surface area contributed by atoms with Gasteiger partial charge in [0.25, 0.3) is 5.91 Å². The highest BCUT2D eigenvalue weighted by Crippen LogP contribution is 2.36. The van der Waals surface area contributed by atoms with Crippen molar-refractivity contribution in [2.24, 2.45) is 0 Å². The molecule has 1 fully saturated rings. The van der Waals surface area contributed by atoms with Crippen molar-refractivity contribution >= 4 is 29.3 Å². The van der Waals surface area contributed by atoms with Crippen molar-refractivity contribution < 1.29 is 28.0 Å². The van der Waals surface area contributed by atoms with Gasteiger partial charge in [0.1, 0.15) is 11.6 Å². The average Bonchev–Trinajstić information content (AvgIpc) is 3.10. The second-order valence-corrected chi connectivity index (χ2v) is 7.99. The van der Waals surface area contributed by atoms with Crippen LogP contribution in [0.3, 0.4) is 0 Å². The van der Waals surface area contributed by atoms with Crippen LogP contribution in [0, 0.1) is 11.6 Å². The van der Waals surface area contributed by atoms with Crippen molar-refractivity contribution in [3.05, 3.63) is 101 Å². The summed E-state index contributed by atoms with van der Waals surface area (Å²) in [5.41, 5.74) is -0.492.